The molecule has 0 aliphatic rings. The van der Waals surface area contributed by atoms with Crippen LogP contribution in [0.15, 0.2) is 43.1 Å². The zero-order valence-corrected chi connectivity index (χ0v) is 10.4. The van der Waals surface area contributed by atoms with Crippen LogP contribution >= 0.6 is 0 Å². The highest BCUT2D eigenvalue weighted by Crippen LogP contribution is 2.27. The van der Waals surface area contributed by atoms with Gasteiger partial charge in [-0.1, -0.05) is 6.07 Å². The summed E-state index contributed by atoms with van der Waals surface area (Å²) in [6.07, 6.45) is 7.98. The van der Waals surface area contributed by atoms with E-state index in [1.165, 1.54) is 0 Å². The minimum atomic E-state index is 0.768. The fourth-order valence-electron chi connectivity index (χ4n) is 2.10. The Morgan fingerprint density at radius 2 is 2.11 bits per heavy atom. The van der Waals surface area contributed by atoms with Crippen molar-refractivity contribution in [2.75, 3.05) is 17.6 Å². The third kappa shape index (κ3) is 2.35. The van der Waals surface area contributed by atoms with E-state index in [9.17, 15) is 0 Å². The number of aromatic amines is 1. The van der Waals surface area contributed by atoms with Crippen LogP contribution < -0.4 is 11.1 Å². The number of imidazole rings is 1. The van der Waals surface area contributed by atoms with E-state index < -0.39 is 0 Å². The molecule has 4 N–H and O–H groups in total. The average Bonchev–Trinajstić information content (AvgIpc) is 2.95. The molecule has 0 saturated heterocycles. The number of aromatic nitrogens is 3. The summed E-state index contributed by atoms with van der Waals surface area (Å²) in [5.41, 5.74) is 9.00. The molecule has 0 amide bonds. The topological polar surface area (TPSA) is 79.6 Å². The predicted molar refractivity (Wildman–Crippen MR) is 76.9 cm³/mol. The Bertz CT molecular complexity index is 675. The lowest BCUT2D eigenvalue weighted by Gasteiger charge is -2.11. The molecule has 5 nitrogen and oxygen atoms in total. The van der Waals surface area contributed by atoms with Gasteiger partial charge in [0.25, 0.3) is 0 Å². The summed E-state index contributed by atoms with van der Waals surface area (Å²) in [4.78, 5) is 11.2. The van der Waals surface area contributed by atoms with Gasteiger partial charge in [0, 0.05) is 48.0 Å². The highest BCUT2D eigenvalue weighted by molar-refractivity contribution is 5.98. The minimum absolute atomic E-state index is 0.768. The van der Waals surface area contributed by atoms with E-state index in [1.807, 2.05) is 30.6 Å². The largest absolute Gasteiger partial charge is 0.397 e. The van der Waals surface area contributed by atoms with Crippen molar-refractivity contribution in [2.45, 2.75) is 6.42 Å². The van der Waals surface area contributed by atoms with Crippen LogP contribution in [-0.2, 0) is 6.42 Å². The number of hydrogen-bond donors (Lipinski definition) is 3. The fourth-order valence-corrected chi connectivity index (χ4v) is 2.10. The number of pyridine rings is 1. The predicted octanol–water partition coefficient (Wildman–Crippen LogP) is 2.19. The maximum atomic E-state index is 6.17. The molecule has 19 heavy (non-hydrogen) atoms. The van der Waals surface area contributed by atoms with E-state index in [1.54, 1.807) is 12.5 Å². The third-order valence-electron chi connectivity index (χ3n) is 3.13. The van der Waals surface area contributed by atoms with Gasteiger partial charge in [0.15, 0.2) is 0 Å². The molecule has 3 aromatic rings. The van der Waals surface area contributed by atoms with Gasteiger partial charge in [-0.3, -0.25) is 4.98 Å². The zero-order valence-electron chi connectivity index (χ0n) is 10.4. The summed E-state index contributed by atoms with van der Waals surface area (Å²) >= 11 is 0. The molecule has 0 bridgehead atoms. The van der Waals surface area contributed by atoms with Gasteiger partial charge < -0.3 is 16.0 Å². The van der Waals surface area contributed by atoms with Crippen LogP contribution in [0.5, 0.6) is 0 Å². The molecule has 0 spiro atoms. The van der Waals surface area contributed by atoms with Gasteiger partial charge in [-0.15, -0.1) is 0 Å². The second kappa shape index (κ2) is 4.97. The van der Waals surface area contributed by atoms with Gasteiger partial charge in [0.1, 0.15) is 0 Å². The molecule has 0 aliphatic heterocycles. The van der Waals surface area contributed by atoms with Gasteiger partial charge in [-0.05, 0) is 12.1 Å². The molecule has 0 aliphatic carbocycles. The minimum Gasteiger partial charge on any atom is -0.397 e. The number of rotatable bonds is 4. The van der Waals surface area contributed by atoms with Crippen LogP contribution in [0, 0.1) is 0 Å². The van der Waals surface area contributed by atoms with E-state index in [0.717, 1.165) is 40.8 Å². The lowest BCUT2D eigenvalue weighted by Crippen LogP contribution is -2.07. The molecule has 0 radical (unpaired) electrons. The summed E-state index contributed by atoms with van der Waals surface area (Å²) < 4.78 is 0. The first kappa shape index (κ1) is 11.5. The first-order chi connectivity index (χ1) is 9.34. The van der Waals surface area contributed by atoms with E-state index >= 15 is 0 Å². The molecule has 3 rings (SSSR count). The van der Waals surface area contributed by atoms with Crippen molar-refractivity contribution in [1.29, 1.82) is 0 Å². The molecule has 1 aromatic carbocycles. The monoisotopic (exact) mass is 253 g/mol. The van der Waals surface area contributed by atoms with Gasteiger partial charge >= 0.3 is 0 Å². The second-order valence-electron chi connectivity index (χ2n) is 4.38. The Morgan fingerprint density at radius 1 is 1.16 bits per heavy atom. The van der Waals surface area contributed by atoms with Crippen molar-refractivity contribution in [3.8, 4) is 0 Å². The normalized spacial score (nSPS) is 10.7. The van der Waals surface area contributed by atoms with Crippen LogP contribution in [0.1, 0.15) is 5.69 Å². The van der Waals surface area contributed by atoms with Crippen molar-refractivity contribution < 1.29 is 0 Å². The van der Waals surface area contributed by atoms with E-state index in [2.05, 4.69) is 20.3 Å². The number of anilines is 2. The lowest BCUT2D eigenvalue weighted by atomic mass is 10.1. The quantitative estimate of drug-likeness (QED) is 0.623. The SMILES string of the molecule is Nc1c(NCCc2cnc[nH]2)ccc2cnccc12. The number of nitrogens with zero attached hydrogens (tertiary/aromatic N) is 2. The van der Waals surface area contributed by atoms with Crippen molar-refractivity contribution in [3.05, 3.63) is 48.8 Å². The number of nitrogens with one attached hydrogen (secondary N) is 2. The van der Waals surface area contributed by atoms with Crippen molar-refractivity contribution >= 4 is 22.1 Å². The van der Waals surface area contributed by atoms with Crippen LogP contribution in [-0.4, -0.2) is 21.5 Å². The first-order valence-corrected chi connectivity index (χ1v) is 6.18. The molecule has 0 unspecified atom stereocenters. The molecule has 5 heteroatoms. The summed E-state index contributed by atoms with van der Waals surface area (Å²) in [6, 6.07) is 5.95. The number of nitrogens with two attached hydrogens (primary N) is 1. The number of fused-ring (bicyclic) bond motifs is 1. The maximum absolute atomic E-state index is 6.17. The fraction of sp³-hybridized carbons (Fsp3) is 0.143. The zero-order chi connectivity index (χ0) is 13.1. The number of nitrogen functional groups attached to an aromatic ring is 1. The highest BCUT2D eigenvalue weighted by Gasteiger charge is 2.04. The highest BCUT2D eigenvalue weighted by atomic mass is 14.9. The van der Waals surface area contributed by atoms with Crippen LogP contribution in [0.25, 0.3) is 10.8 Å². The van der Waals surface area contributed by atoms with Gasteiger partial charge in [-0.25, -0.2) is 4.98 Å². The summed E-state index contributed by atoms with van der Waals surface area (Å²) in [5.74, 6) is 0. The van der Waals surface area contributed by atoms with Gasteiger partial charge in [0.05, 0.1) is 17.7 Å². The maximum Gasteiger partial charge on any atom is 0.0921 e. The van der Waals surface area contributed by atoms with E-state index in [4.69, 9.17) is 5.73 Å². The van der Waals surface area contributed by atoms with Crippen molar-refractivity contribution in [3.63, 3.8) is 0 Å². The van der Waals surface area contributed by atoms with E-state index in [0.29, 0.717) is 0 Å². The Labute approximate surface area is 110 Å². The van der Waals surface area contributed by atoms with Crippen LogP contribution in [0.3, 0.4) is 0 Å². The Hall–Kier alpha value is -2.56. The Morgan fingerprint density at radius 3 is 2.95 bits per heavy atom. The van der Waals surface area contributed by atoms with Crippen molar-refractivity contribution in [1.82, 2.24) is 15.0 Å². The molecule has 96 valence electrons. The lowest BCUT2D eigenvalue weighted by molar-refractivity contribution is 0.978. The number of hydrogen-bond acceptors (Lipinski definition) is 4. The molecule has 0 atom stereocenters. The number of H-pyrrole nitrogens is 1. The van der Waals surface area contributed by atoms with Gasteiger partial charge in [0.2, 0.25) is 0 Å². The van der Waals surface area contributed by atoms with Gasteiger partial charge in [-0.2, -0.15) is 0 Å². The first-order valence-electron chi connectivity index (χ1n) is 6.18. The molecular formula is C14H15N5. The summed E-state index contributed by atoms with van der Waals surface area (Å²) in [5, 5.41) is 5.43. The van der Waals surface area contributed by atoms with Crippen LogP contribution in [0.4, 0.5) is 11.4 Å². The smallest absolute Gasteiger partial charge is 0.0921 e. The summed E-state index contributed by atoms with van der Waals surface area (Å²) in [6.45, 7) is 0.809. The molecular weight excluding hydrogens is 238 g/mol. The molecule has 2 heterocycles. The average molecular weight is 253 g/mol. The van der Waals surface area contributed by atoms with Crippen LogP contribution in [0.2, 0.25) is 0 Å². The number of benzene rings is 1. The second-order valence-corrected chi connectivity index (χ2v) is 4.38. The van der Waals surface area contributed by atoms with E-state index in [-0.39, 0.29) is 0 Å². The molecule has 2 aromatic heterocycles. The summed E-state index contributed by atoms with van der Waals surface area (Å²) in [7, 11) is 0. The molecule has 0 fully saturated rings. The van der Waals surface area contributed by atoms with Crippen molar-refractivity contribution in [2.24, 2.45) is 0 Å². The Balaban J connectivity index is 1.76. The third-order valence-corrected chi connectivity index (χ3v) is 3.13. The molecule has 0 saturated carbocycles. The standard InChI is InChI=1S/C14H15N5/c15-14-12-4-5-16-7-10(12)1-2-13(14)18-6-3-11-8-17-9-19-11/h1-2,4-5,7-9,18H,3,6,15H2,(H,17,19). The Kier molecular flexibility index (Phi) is 3.02.